The van der Waals surface area contributed by atoms with Crippen LogP contribution in [0.15, 0.2) is 0 Å². The van der Waals surface area contributed by atoms with Crippen LogP contribution in [0.1, 0.15) is 13.8 Å². The minimum absolute atomic E-state index is 0.0340. The molecular formula is C9H17N3O2. The molecule has 1 saturated heterocycles. The maximum atomic E-state index is 11.7. The van der Waals surface area contributed by atoms with Crippen molar-refractivity contribution in [1.82, 2.24) is 15.1 Å². The van der Waals surface area contributed by atoms with E-state index in [-0.39, 0.29) is 11.8 Å². The highest BCUT2D eigenvalue weighted by molar-refractivity contribution is 5.86. The summed E-state index contributed by atoms with van der Waals surface area (Å²) in [6, 6.07) is 0. The Morgan fingerprint density at radius 3 is 2.86 bits per heavy atom. The number of amides is 2. The van der Waals surface area contributed by atoms with Crippen LogP contribution in [0.25, 0.3) is 0 Å². The van der Waals surface area contributed by atoms with Gasteiger partial charge in [0, 0.05) is 33.6 Å². The molecular weight excluding hydrogens is 182 g/mol. The van der Waals surface area contributed by atoms with Crippen molar-refractivity contribution >= 4 is 11.8 Å². The Morgan fingerprint density at radius 2 is 2.36 bits per heavy atom. The Balaban J connectivity index is 2.74. The highest BCUT2D eigenvalue weighted by Gasteiger charge is 2.31. The number of hydrogen-bond donors (Lipinski definition) is 1. The predicted octanol–water partition coefficient (Wildman–Crippen LogP) is -0.757. The number of nitrogens with one attached hydrogen (secondary N) is 1. The van der Waals surface area contributed by atoms with E-state index in [0.29, 0.717) is 13.1 Å². The quantitative estimate of drug-likeness (QED) is 0.636. The molecule has 2 amide bonds. The second-order valence-corrected chi connectivity index (χ2v) is 3.42. The molecule has 5 heteroatoms. The lowest BCUT2D eigenvalue weighted by molar-refractivity contribution is -0.147. The molecule has 0 saturated carbocycles. The van der Waals surface area contributed by atoms with Gasteiger partial charge in [0.05, 0.1) is 0 Å². The lowest BCUT2D eigenvalue weighted by Crippen LogP contribution is -2.61. The monoisotopic (exact) mass is 199 g/mol. The summed E-state index contributed by atoms with van der Waals surface area (Å²) in [6.45, 7) is 5.33. The molecule has 1 rings (SSSR count). The van der Waals surface area contributed by atoms with Gasteiger partial charge in [-0.15, -0.1) is 0 Å². The van der Waals surface area contributed by atoms with Crippen molar-refractivity contribution in [1.29, 1.82) is 0 Å². The average Bonchev–Trinajstić information content (AvgIpc) is 2.13. The first-order chi connectivity index (χ1) is 6.57. The van der Waals surface area contributed by atoms with E-state index in [0.717, 1.165) is 6.54 Å². The molecule has 0 aromatic rings. The fraction of sp³-hybridized carbons (Fsp3) is 0.778. The van der Waals surface area contributed by atoms with Crippen molar-refractivity contribution in [3.05, 3.63) is 0 Å². The molecule has 1 unspecified atom stereocenters. The Labute approximate surface area is 84.0 Å². The van der Waals surface area contributed by atoms with Gasteiger partial charge in [-0.2, -0.15) is 0 Å². The van der Waals surface area contributed by atoms with Crippen LogP contribution in [-0.2, 0) is 9.59 Å². The molecule has 1 fully saturated rings. The van der Waals surface area contributed by atoms with E-state index in [1.54, 1.807) is 11.9 Å². The number of likely N-dealkylation sites (N-methyl/N-ethyl adjacent to an activating group) is 2. The first-order valence-electron chi connectivity index (χ1n) is 4.83. The number of nitrogens with zero attached hydrogens (tertiary/aromatic N) is 2. The fourth-order valence-corrected chi connectivity index (χ4v) is 1.61. The van der Waals surface area contributed by atoms with Crippen molar-refractivity contribution in [2.45, 2.75) is 20.0 Å². The highest BCUT2D eigenvalue weighted by atomic mass is 16.2. The molecule has 0 spiro atoms. The molecule has 14 heavy (non-hydrogen) atoms. The third-order valence-electron chi connectivity index (χ3n) is 2.45. The van der Waals surface area contributed by atoms with Crippen molar-refractivity contribution < 1.29 is 9.59 Å². The second kappa shape index (κ2) is 4.41. The van der Waals surface area contributed by atoms with Gasteiger partial charge in [-0.25, -0.2) is 0 Å². The summed E-state index contributed by atoms with van der Waals surface area (Å²) in [5, 5.41) is 3.05. The molecule has 80 valence electrons. The summed E-state index contributed by atoms with van der Waals surface area (Å²) in [5.74, 6) is -0.109. The number of carbonyl (C=O) groups is 2. The van der Waals surface area contributed by atoms with Crippen molar-refractivity contribution in [2.75, 3.05) is 26.7 Å². The first-order valence-corrected chi connectivity index (χ1v) is 4.83. The molecule has 0 bridgehead atoms. The van der Waals surface area contributed by atoms with Crippen LogP contribution >= 0.6 is 0 Å². The number of piperazine rings is 1. The maximum absolute atomic E-state index is 11.7. The largest absolute Gasteiger partial charge is 0.342 e. The van der Waals surface area contributed by atoms with E-state index in [1.165, 1.54) is 11.8 Å². The minimum Gasteiger partial charge on any atom is -0.342 e. The third-order valence-corrected chi connectivity index (χ3v) is 2.45. The Bertz CT molecular complexity index is 242. The summed E-state index contributed by atoms with van der Waals surface area (Å²) in [5.41, 5.74) is 0. The summed E-state index contributed by atoms with van der Waals surface area (Å²) < 4.78 is 0. The van der Waals surface area contributed by atoms with Gasteiger partial charge in [-0.3, -0.25) is 14.9 Å². The van der Waals surface area contributed by atoms with Gasteiger partial charge in [-0.1, -0.05) is 0 Å². The van der Waals surface area contributed by atoms with Gasteiger partial charge in [-0.05, 0) is 6.92 Å². The van der Waals surface area contributed by atoms with Crippen LogP contribution in [0.5, 0.6) is 0 Å². The van der Waals surface area contributed by atoms with Gasteiger partial charge >= 0.3 is 0 Å². The zero-order chi connectivity index (χ0) is 10.7. The van der Waals surface area contributed by atoms with E-state index in [2.05, 4.69) is 5.32 Å². The van der Waals surface area contributed by atoms with Gasteiger partial charge in [0.25, 0.3) is 5.91 Å². The van der Waals surface area contributed by atoms with Crippen LogP contribution in [-0.4, -0.2) is 54.5 Å². The van der Waals surface area contributed by atoms with Gasteiger partial charge in [0.15, 0.2) is 6.17 Å². The SMILES string of the molecule is CCN(C(C)=O)C1NCCN(C)C1=O. The second-order valence-electron chi connectivity index (χ2n) is 3.42. The summed E-state index contributed by atoms with van der Waals surface area (Å²) in [7, 11) is 1.75. The summed E-state index contributed by atoms with van der Waals surface area (Å²) >= 11 is 0. The third kappa shape index (κ3) is 2.04. The van der Waals surface area contributed by atoms with E-state index in [4.69, 9.17) is 0 Å². The topological polar surface area (TPSA) is 52.7 Å². The molecule has 1 heterocycles. The first kappa shape index (κ1) is 11.0. The highest BCUT2D eigenvalue weighted by Crippen LogP contribution is 2.04. The zero-order valence-electron chi connectivity index (χ0n) is 8.91. The van der Waals surface area contributed by atoms with E-state index in [1.807, 2.05) is 6.92 Å². The van der Waals surface area contributed by atoms with Crippen LogP contribution in [0.2, 0.25) is 0 Å². The van der Waals surface area contributed by atoms with Gasteiger partial charge in [0.2, 0.25) is 5.91 Å². The summed E-state index contributed by atoms with van der Waals surface area (Å²) in [6.07, 6.45) is -0.476. The average molecular weight is 199 g/mol. The lowest BCUT2D eigenvalue weighted by Gasteiger charge is -2.36. The van der Waals surface area contributed by atoms with Gasteiger partial charge in [0.1, 0.15) is 0 Å². The normalized spacial score (nSPS) is 22.4. The predicted molar refractivity (Wildman–Crippen MR) is 52.5 cm³/mol. The van der Waals surface area contributed by atoms with Crippen molar-refractivity contribution in [2.24, 2.45) is 0 Å². The maximum Gasteiger partial charge on any atom is 0.260 e. The van der Waals surface area contributed by atoms with Crippen LogP contribution in [0.3, 0.4) is 0 Å². The molecule has 5 nitrogen and oxygen atoms in total. The molecule has 1 atom stereocenters. The van der Waals surface area contributed by atoms with Crippen LogP contribution in [0, 0.1) is 0 Å². The number of hydrogen-bond acceptors (Lipinski definition) is 3. The smallest absolute Gasteiger partial charge is 0.260 e. The molecule has 0 aliphatic carbocycles. The molecule has 0 aromatic carbocycles. The van der Waals surface area contributed by atoms with Crippen molar-refractivity contribution in [3.8, 4) is 0 Å². The minimum atomic E-state index is -0.476. The molecule has 0 aromatic heterocycles. The Morgan fingerprint density at radius 1 is 1.71 bits per heavy atom. The Kier molecular flexibility index (Phi) is 3.46. The lowest BCUT2D eigenvalue weighted by atomic mass is 10.2. The molecule has 1 N–H and O–H groups in total. The Hall–Kier alpha value is -1.10. The van der Waals surface area contributed by atoms with Crippen molar-refractivity contribution in [3.63, 3.8) is 0 Å². The van der Waals surface area contributed by atoms with E-state index < -0.39 is 6.17 Å². The van der Waals surface area contributed by atoms with Gasteiger partial charge < -0.3 is 9.80 Å². The van der Waals surface area contributed by atoms with Crippen LogP contribution in [0.4, 0.5) is 0 Å². The zero-order valence-corrected chi connectivity index (χ0v) is 8.91. The summed E-state index contributed by atoms with van der Waals surface area (Å²) in [4.78, 5) is 26.1. The molecule has 0 radical (unpaired) electrons. The fourth-order valence-electron chi connectivity index (χ4n) is 1.61. The van der Waals surface area contributed by atoms with E-state index in [9.17, 15) is 9.59 Å². The number of carbonyl (C=O) groups excluding carboxylic acids is 2. The molecule has 1 aliphatic rings. The van der Waals surface area contributed by atoms with Crippen LogP contribution < -0.4 is 5.32 Å². The standard InChI is InChI=1S/C9H17N3O2/c1-4-12(7(2)13)8-9(14)11(3)6-5-10-8/h8,10H,4-6H2,1-3H3. The van der Waals surface area contributed by atoms with E-state index >= 15 is 0 Å². The molecule has 1 aliphatic heterocycles. The number of rotatable bonds is 2.